The van der Waals surface area contributed by atoms with Gasteiger partial charge in [-0.15, -0.1) is 0 Å². The summed E-state index contributed by atoms with van der Waals surface area (Å²) in [5.74, 6) is -0.234. The van der Waals surface area contributed by atoms with Gasteiger partial charge in [-0.2, -0.15) is 0 Å². The lowest BCUT2D eigenvalue weighted by Crippen LogP contribution is -2.66. The van der Waals surface area contributed by atoms with Crippen molar-refractivity contribution in [2.24, 2.45) is 0 Å². The number of carbonyl (C=O) groups excluding carboxylic acids is 1. The van der Waals surface area contributed by atoms with E-state index in [0.29, 0.717) is 18.2 Å². The second-order valence-corrected chi connectivity index (χ2v) is 8.38. The molecule has 1 aromatic heterocycles. The summed E-state index contributed by atoms with van der Waals surface area (Å²) in [5.41, 5.74) is 2.00. The van der Waals surface area contributed by atoms with Crippen LogP contribution in [0.5, 0.6) is 0 Å². The molecular formula is C23H28FN3O. The van der Waals surface area contributed by atoms with Gasteiger partial charge < -0.3 is 9.80 Å². The van der Waals surface area contributed by atoms with Crippen molar-refractivity contribution in [2.75, 3.05) is 20.1 Å². The molecule has 0 radical (unpaired) electrons. The van der Waals surface area contributed by atoms with Crippen LogP contribution in [0.4, 0.5) is 4.39 Å². The first kappa shape index (κ1) is 19.1. The molecule has 4 nitrogen and oxygen atoms in total. The second kappa shape index (κ2) is 7.63. The Labute approximate surface area is 166 Å². The highest BCUT2D eigenvalue weighted by atomic mass is 19.1. The first-order valence-corrected chi connectivity index (χ1v) is 10.2. The van der Waals surface area contributed by atoms with E-state index in [4.69, 9.17) is 0 Å². The van der Waals surface area contributed by atoms with Crippen molar-refractivity contribution in [3.63, 3.8) is 0 Å². The lowest BCUT2D eigenvalue weighted by Gasteiger charge is -2.55. The van der Waals surface area contributed by atoms with Crippen LogP contribution in [0.1, 0.15) is 54.4 Å². The summed E-state index contributed by atoms with van der Waals surface area (Å²) < 4.78 is 13.5. The van der Waals surface area contributed by atoms with Crippen molar-refractivity contribution in [1.82, 2.24) is 14.8 Å². The Hall–Kier alpha value is -2.27. The van der Waals surface area contributed by atoms with E-state index in [1.165, 1.54) is 12.1 Å². The molecule has 0 spiro atoms. The largest absolute Gasteiger partial charge is 0.330 e. The molecule has 3 heterocycles. The lowest BCUT2D eigenvalue weighted by atomic mass is 9.76. The first-order valence-electron chi connectivity index (χ1n) is 10.2. The van der Waals surface area contributed by atoms with Crippen LogP contribution < -0.4 is 0 Å². The molecule has 148 valence electrons. The smallest absolute Gasteiger partial charge is 0.272 e. The van der Waals surface area contributed by atoms with Crippen molar-refractivity contribution < 1.29 is 9.18 Å². The molecule has 4 rings (SSSR count). The number of likely N-dealkylation sites (N-methyl/N-ethyl adjacent to an activating group) is 1. The number of amides is 1. The Bertz CT molecular complexity index is 870. The predicted molar refractivity (Wildman–Crippen MR) is 108 cm³/mol. The monoisotopic (exact) mass is 381 g/mol. The van der Waals surface area contributed by atoms with E-state index in [0.717, 1.165) is 50.0 Å². The van der Waals surface area contributed by atoms with Gasteiger partial charge in [-0.3, -0.25) is 4.79 Å². The summed E-state index contributed by atoms with van der Waals surface area (Å²) in [7, 11) is 2.17. The maximum absolute atomic E-state index is 13.5. The van der Waals surface area contributed by atoms with Gasteiger partial charge in [-0.25, -0.2) is 9.37 Å². The Kier molecular flexibility index (Phi) is 5.19. The van der Waals surface area contributed by atoms with Crippen molar-refractivity contribution >= 4 is 5.91 Å². The standard InChI is InChI=1S/C23H28FN3O/c1-23-12-6-13-26(2)21(23)11-5-14-27(23)22(28)20-10-4-9-19(25-20)16-17-7-3-8-18(24)15-17/h3-4,7-10,15,21H,5-6,11-14,16H2,1-2H3/t21-,23-/m0/s1. The summed E-state index contributed by atoms with van der Waals surface area (Å²) in [6.45, 7) is 4.13. The minimum atomic E-state index is -0.251. The minimum absolute atomic E-state index is 0.0172. The number of nitrogens with zero attached hydrogens (tertiary/aromatic N) is 3. The number of likely N-dealkylation sites (tertiary alicyclic amines) is 2. The minimum Gasteiger partial charge on any atom is -0.330 e. The van der Waals surface area contributed by atoms with Gasteiger partial charge in [0, 0.05) is 24.7 Å². The maximum Gasteiger partial charge on any atom is 0.272 e. The van der Waals surface area contributed by atoms with Crippen LogP contribution in [0.25, 0.3) is 0 Å². The Balaban J connectivity index is 1.58. The van der Waals surface area contributed by atoms with Crippen molar-refractivity contribution in [2.45, 2.75) is 50.6 Å². The molecule has 2 aliphatic rings. The number of aromatic nitrogens is 1. The van der Waals surface area contributed by atoms with E-state index < -0.39 is 0 Å². The van der Waals surface area contributed by atoms with E-state index in [9.17, 15) is 9.18 Å². The Morgan fingerprint density at radius 3 is 2.86 bits per heavy atom. The van der Waals surface area contributed by atoms with Crippen LogP contribution in [-0.2, 0) is 6.42 Å². The number of hydrogen-bond donors (Lipinski definition) is 0. The molecule has 0 aliphatic carbocycles. The van der Waals surface area contributed by atoms with Gasteiger partial charge in [0.2, 0.25) is 0 Å². The van der Waals surface area contributed by atoms with Crippen molar-refractivity contribution in [1.29, 1.82) is 0 Å². The fraction of sp³-hybridized carbons (Fsp3) is 0.478. The molecule has 0 saturated carbocycles. The average molecular weight is 381 g/mol. The summed E-state index contributed by atoms with van der Waals surface area (Å²) in [4.78, 5) is 22.5. The van der Waals surface area contributed by atoms with Crippen LogP contribution in [0, 0.1) is 5.82 Å². The predicted octanol–water partition coefficient (Wildman–Crippen LogP) is 3.90. The molecule has 2 aliphatic heterocycles. The van der Waals surface area contributed by atoms with Gasteiger partial charge in [0.25, 0.3) is 5.91 Å². The number of carbonyl (C=O) groups is 1. The highest BCUT2D eigenvalue weighted by Gasteiger charge is 2.48. The van der Waals surface area contributed by atoms with E-state index in [-0.39, 0.29) is 17.3 Å². The summed E-state index contributed by atoms with van der Waals surface area (Å²) in [5, 5.41) is 0. The highest BCUT2D eigenvalue weighted by Crippen LogP contribution is 2.39. The number of hydrogen-bond acceptors (Lipinski definition) is 3. The molecule has 5 heteroatoms. The molecule has 1 amide bonds. The summed E-state index contributed by atoms with van der Waals surface area (Å²) in [6.07, 6.45) is 4.84. The number of piperidine rings is 2. The highest BCUT2D eigenvalue weighted by molar-refractivity contribution is 5.93. The van der Waals surface area contributed by atoms with Gasteiger partial charge in [-0.1, -0.05) is 18.2 Å². The number of halogens is 1. The van der Waals surface area contributed by atoms with Gasteiger partial charge >= 0.3 is 0 Å². The summed E-state index contributed by atoms with van der Waals surface area (Å²) in [6, 6.07) is 12.5. The van der Waals surface area contributed by atoms with Gasteiger partial charge in [0.05, 0.1) is 5.54 Å². The number of fused-ring (bicyclic) bond motifs is 1. The number of rotatable bonds is 3. The lowest BCUT2D eigenvalue weighted by molar-refractivity contribution is -0.0349. The first-order chi connectivity index (χ1) is 13.5. The number of benzene rings is 1. The van der Waals surface area contributed by atoms with Gasteiger partial charge in [-0.05, 0) is 76.0 Å². The fourth-order valence-electron chi connectivity index (χ4n) is 5.05. The molecule has 2 saturated heterocycles. The van der Waals surface area contributed by atoms with Crippen molar-refractivity contribution in [3.8, 4) is 0 Å². The topological polar surface area (TPSA) is 36.4 Å². The van der Waals surface area contributed by atoms with E-state index in [2.05, 4.69) is 28.8 Å². The molecule has 0 unspecified atom stereocenters. The molecule has 1 aromatic carbocycles. The summed E-state index contributed by atoms with van der Waals surface area (Å²) >= 11 is 0. The molecule has 2 fully saturated rings. The molecule has 0 N–H and O–H groups in total. The zero-order chi connectivity index (χ0) is 19.7. The molecule has 2 atom stereocenters. The van der Waals surface area contributed by atoms with E-state index >= 15 is 0 Å². The van der Waals surface area contributed by atoms with E-state index in [1.54, 1.807) is 12.1 Å². The van der Waals surface area contributed by atoms with Crippen LogP contribution in [0.3, 0.4) is 0 Å². The van der Waals surface area contributed by atoms with Crippen LogP contribution in [0.2, 0.25) is 0 Å². The van der Waals surface area contributed by atoms with Crippen molar-refractivity contribution in [3.05, 3.63) is 65.2 Å². The fourth-order valence-corrected chi connectivity index (χ4v) is 5.05. The molecule has 28 heavy (non-hydrogen) atoms. The Morgan fingerprint density at radius 1 is 1.21 bits per heavy atom. The van der Waals surface area contributed by atoms with Gasteiger partial charge in [0.15, 0.2) is 0 Å². The third kappa shape index (κ3) is 3.55. The Morgan fingerprint density at radius 2 is 2.04 bits per heavy atom. The quantitative estimate of drug-likeness (QED) is 0.809. The molecular weight excluding hydrogens is 353 g/mol. The molecule has 0 bridgehead atoms. The van der Waals surface area contributed by atoms with Crippen LogP contribution in [0.15, 0.2) is 42.5 Å². The zero-order valence-corrected chi connectivity index (χ0v) is 16.7. The molecule has 2 aromatic rings. The average Bonchev–Trinajstić information content (AvgIpc) is 2.67. The third-order valence-corrected chi connectivity index (χ3v) is 6.46. The zero-order valence-electron chi connectivity index (χ0n) is 16.7. The van der Waals surface area contributed by atoms with Crippen LogP contribution >= 0.6 is 0 Å². The SMILES string of the molecule is CN1CCC[C@@]2(C)[C@@H]1CCCN2C(=O)c1cccc(Cc2cccc(F)c2)n1. The third-order valence-electron chi connectivity index (χ3n) is 6.46. The number of pyridine rings is 1. The second-order valence-electron chi connectivity index (χ2n) is 8.38. The normalized spacial score (nSPS) is 25.4. The van der Waals surface area contributed by atoms with Gasteiger partial charge in [0.1, 0.15) is 11.5 Å². The van der Waals surface area contributed by atoms with Crippen LogP contribution in [-0.4, -0.2) is 52.4 Å². The maximum atomic E-state index is 13.5. The van der Waals surface area contributed by atoms with E-state index in [1.807, 2.05) is 18.2 Å².